The quantitative estimate of drug-likeness (QED) is 0.822. The van der Waals surface area contributed by atoms with Gasteiger partial charge < -0.3 is 5.32 Å². The Kier molecular flexibility index (Phi) is 5.05. The Labute approximate surface area is 110 Å². The molecule has 1 N–H and O–H groups in total. The first kappa shape index (κ1) is 13.1. The first-order chi connectivity index (χ1) is 8.33. The zero-order valence-electron chi connectivity index (χ0n) is 11.2. The average molecular weight is 251 g/mol. The van der Waals surface area contributed by atoms with Crippen LogP contribution in [-0.2, 0) is 0 Å². The average Bonchev–Trinajstić information content (AvgIpc) is 2.69. The lowest BCUT2D eigenvalue weighted by molar-refractivity contribution is 0.302. The molecule has 1 atom stereocenters. The fraction of sp³-hybridized carbons (Fsp3) is 0.733. The van der Waals surface area contributed by atoms with E-state index < -0.39 is 0 Å². The summed E-state index contributed by atoms with van der Waals surface area (Å²) < 4.78 is 0. The first-order valence-electron chi connectivity index (χ1n) is 7.04. The van der Waals surface area contributed by atoms with Crippen LogP contribution in [0.3, 0.4) is 0 Å². The van der Waals surface area contributed by atoms with Gasteiger partial charge in [0.15, 0.2) is 0 Å². The van der Waals surface area contributed by atoms with Crippen molar-refractivity contribution in [3.63, 3.8) is 0 Å². The summed E-state index contributed by atoms with van der Waals surface area (Å²) in [6.07, 6.45) is 9.99. The predicted octanol–water partition coefficient (Wildman–Crippen LogP) is 4.68. The Morgan fingerprint density at radius 1 is 1.18 bits per heavy atom. The van der Waals surface area contributed by atoms with E-state index in [4.69, 9.17) is 0 Å². The van der Waals surface area contributed by atoms with Crippen molar-refractivity contribution in [3.8, 4) is 0 Å². The van der Waals surface area contributed by atoms with Gasteiger partial charge in [-0.05, 0) is 49.7 Å². The van der Waals surface area contributed by atoms with Gasteiger partial charge in [0, 0.05) is 10.9 Å². The molecule has 0 aromatic carbocycles. The highest BCUT2D eigenvalue weighted by molar-refractivity contribution is 7.10. The third-order valence-electron chi connectivity index (χ3n) is 4.12. The third-order valence-corrected chi connectivity index (χ3v) is 5.22. The number of nitrogens with one attached hydrogen (secondary N) is 1. The van der Waals surface area contributed by atoms with Gasteiger partial charge in [-0.1, -0.05) is 32.1 Å². The van der Waals surface area contributed by atoms with Crippen LogP contribution < -0.4 is 5.32 Å². The van der Waals surface area contributed by atoms with Gasteiger partial charge in [0.2, 0.25) is 0 Å². The van der Waals surface area contributed by atoms with Crippen LogP contribution >= 0.6 is 11.3 Å². The molecule has 1 fully saturated rings. The van der Waals surface area contributed by atoms with Crippen LogP contribution in [0.5, 0.6) is 0 Å². The minimum atomic E-state index is 0.591. The topological polar surface area (TPSA) is 12.0 Å². The van der Waals surface area contributed by atoms with Crippen molar-refractivity contribution in [2.24, 2.45) is 5.92 Å². The van der Waals surface area contributed by atoms with E-state index in [0.29, 0.717) is 6.04 Å². The Hall–Kier alpha value is -0.340. The normalized spacial score (nSPS) is 20.8. The van der Waals surface area contributed by atoms with E-state index in [2.05, 4.69) is 30.7 Å². The van der Waals surface area contributed by atoms with Crippen LogP contribution in [0.1, 0.15) is 61.4 Å². The van der Waals surface area contributed by atoms with E-state index in [-0.39, 0.29) is 0 Å². The summed E-state index contributed by atoms with van der Waals surface area (Å²) in [4.78, 5) is 1.57. The zero-order valence-corrected chi connectivity index (χ0v) is 12.0. The van der Waals surface area contributed by atoms with Gasteiger partial charge in [-0.2, -0.15) is 0 Å². The van der Waals surface area contributed by atoms with Gasteiger partial charge in [-0.25, -0.2) is 0 Å². The largest absolute Gasteiger partial charge is 0.312 e. The van der Waals surface area contributed by atoms with Crippen LogP contribution in [-0.4, -0.2) is 7.05 Å². The number of aryl methyl sites for hydroxylation is 1. The molecule has 0 spiro atoms. The number of hydrogen-bond donors (Lipinski definition) is 1. The molecule has 96 valence electrons. The van der Waals surface area contributed by atoms with Crippen LogP contribution in [0.25, 0.3) is 0 Å². The van der Waals surface area contributed by atoms with Gasteiger partial charge in [0.1, 0.15) is 0 Å². The van der Waals surface area contributed by atoms with Crippen molar-refractivity contribution in [2.45, 2.75) is 57.9 Å². The van der Waals surface area contributed by atoms with Gasteiger partial charge in [0.25, 0.3) is 0 Å². The molecule has 0 aliphatic heterocycles. The van der Waals surface area contributed by atoms with Crippen LogP contribution in [0.4, 0.5) is 0 Å². The SMILES string of the molecule is CNC(c1sccc1C)C1CCCCCCC1. The summed E-state index contributed by atoms with van der Waals surface area (Å²) in [5.74, 6) is 0.845. The predicted molar refractivity (Wildman–Crippen MR) is 76.7 cm³/mol. The van der Waals surface area contributed by atoms with Crippen molar-refractivity contribution in [1.82, 2.24) is 5.32 Å². The van der Waals surface area contributed by atoms with Crippen molar-refractivity contribution in [1.29, 1.82) is 0 Å². The molecule has 1 aromatic rings. The standard InChI is InChI=1S/C15H25NS/c1-12-10-11-17-15(12)14(16-2)13-8-6-4-3-5-7-9-13/h10-11,13-14,16H,3-9H2,1-2H3. The zero-order chi connectivity index (χ0) is 12.1. The molecule has 0 amide bonds. The van der Waals surface area contributed by atoms with E-state index in [0.717, 1.165) is 5.92 Å². The summed E-state index contributed by atoms with van der Waals surface area (Å²) in [7, 11) is 2.13. The fourth-order valence-electron chi connectivity index (χ4n) is 3.10. The molecule has 1 nitrogen and oxygen atoms in total. The monoisotopic (exact) mass is 251 g/mol. The Balaban J connectivity index is 2.08. The molecule has 1 aliphatic rings. The highest BCUT2D eigenvalue weighted by atomic mass is 32.1. The summed E-state index contributed by atoms with van der Waals surface area (Å²) in [6, 6.07) is 2.85. The molecule has 1 saturated carbocycles. The molecule has 2 heteroatoms. The molecule has 0 saturated heterocycles. The van der Waals surface area contributed by atoms with E-state index in [9.17, 15) is 0 Å². The van der Waals surface area contributed by atoms with E-state index >= 15 is 0 Å². The molecule has 17 heavy (non-hydrogen) atoms. The molecular weight excluding hydrogens is 226 g/mol. The maximum absolute atomic E-state index is 3.57. The lowest BCUT2D eigenvalue weighted by Gasteiger charge is -2.28. The highest BCUT2D eigenvalue weighted by Crippen LogP contribution is 2.36. The Morgan fingerprint density at radius 3 is 2.35 bits per heavy atom. The Bertz CT molecular complexity index is 323. The lowest BCUT2D eigenvalue weighted by atomic mass is 9.84. The van der Waals surface area contributed by atoms with E-state index in [1.807, 2.05) is 11.3 Å². The van der Waals surface area contributed by atoms with Gasteiger partial charge in [-0.15, -0.1) is 11.3 Å². The summed E-state index contributed by atoms with van der Waals surface area (Å²) in [5.41, 5.74) is 1.47. The summed E-state index contributed by atoms with van der Waals surface area (Å²) in [6.45, 7) is 2.25. The van der Waals surface area contributed by atoms with Crippen molar-refractivity contribution >= 4 is 11.3 Å². The van der Waals surface area contributed by atoms with E-state index in [1.165, 1.54) is 50.5 Å². The van der Waals surface area contributed by atoms with Crippen LogP contribution in [0.2, 0.25) is 0 Å². The second-order valence-corrected chi connectivity index (χ2v) is 6.29. The molecular formula is C15H25NS. The van der Waals surface area contributed by atoms with Gasteiger partial charge in [0.05, 0.1) is 0 Å². The maximum Gasteiger partial charge on any atom is 0.0443 e. The van der Waals surface area contributed by atoms with E-state index in [1.54, 1.807) is 4.88 Å². The van der Waals surface area contributed by atoms with Gasteiger partial charge >= 0.3 is 0 Å². The molecule has 1 heterocycles. The molecule has 1 unspecified atom stereocenters. The summed E-state index contributed by atoms with van der Waals surface area (Å²) in [5, 5.41) is 5.81. The fourth-order valence-corrected chi connectivity index (χ4v) is 4.23. The number of thiophene rings is 1. The second kappa shape index (κ2) is 6.55. The lowest BCUT2D eigenvalue weighted by Crippen LogP contribution is -2.25. The minimum absolute atomic E-state index is 0.591. The smallest absolute Gasteiger partial charge is 0.0443 e. The first-order valence-corrected chi connectivity index (χ1v) is 7.92. The Morgan fingerprint density at radius 2 is 1.82 bits per heavy atom. The molecule has 0 bridgehead atoms. The maximum atomic E-state index is 3.57. The summed E-state index contributed by atoms with van der Waals surface area (Å²) >= 11 is 1.93. The minimum Gasteiger partial charge on any atom is -0.312 e. The second-order valence-electron chi connectivity index (χ2n) is 5.34. The number of rotatable bonds is 3. The highest BCUT2D eigenvalue weighted by Gasteiger charge is 2.24. The third kappa shape index (κ3) is 3.32. The van der Waals surface area contributed by atoms with Gasteiger partial charge in [-0.3, -0.25) is 0 Å². The number of hydrogen-bond acceptors (Lipinski definition) is 2. The molecule has 1 aromatic heterocycles. The van der Waals surface area contributed by atoms with Crippen LogP contribution in [0.15, 0.2) is 11.4 Å². The molecule has 2 rings (SSSR count). The molecule has 0 radical (unpaired) electrons. The molecule has 1 aliphatic carbocycles. The van der Waals surface area contributed by atoms with Crippen molar-refractivity contribution in [3.05, 3.63) is 21.9 Å². The van der Waals surface area contributed by atoms with Crippen molar-refractivity contribution in [2.75, 3.05) is 7.05 Å². The van der Waals surface area contributed by atoms with Crippen molar-refractivity contribution < 1.29 is 0 Å². The van der Waals surface area contributed by atoms with Crippen LogP contribution in [0, 0.1) is 12.8 Å².